The third kappa shape index (κ3) is 1.47. The molecule has 0 spiro atoms. The molecule has 1 aliphatic rings. The Morgan fingerprint density at radius 3 is 2.79 bits per heavy atom. The molecule has 1 aromatic rings. The first-order valence-electron chi connectivity index (χ1n) is 4.34. The minimum Gasteiger partial charge on any atom is -0.624 e. The summed E-state index contributed by atoms with van der Waals surface area (Å²) in [5.41, 5.74) is 1.16. The van der Waals surface area contributed by atoms with Gasteiger partial charge in [0.2, 0.25) is 0 Å². The van der Waals surface area contributed by atoms with Gasteiger partial charge in [0.05, 0.1) is 0 Å². The molecule has 74 valence electrons. The Kier molecular flexibility index (Phi) is 2.19. The van der Waals surface area contributed by atoms with Crippen LogP contribution in [0.25, 0.3) is 0 Å². The Labute approximate surface area is 80.1 Å². The van der Waals surface area contributed by atoms with Crippen molar-refractivity contribution in [3.05, 3.63) is 40.6 Å². The first kappa shape index (κ1) is 9.12. The lowest BCUT2D eigenvalue weighted by Gasteiger charge is -2.21. The van der Waals surface area contributed by atoms with E-state index in [1.54, 1.807) is 24.3 Å². The maximum absolute atomic E-state index is 12.6. The average molecular weight is 197 g/mol. The molecule has 1 heterocycles. The molecule has 0 aromatic heterocycles. The van der Waals surface area contributed by atoms with Gasteiger partial charge in [0.25, 0.3) is 6.43 Å². The van der Waals surface area contributed by atoms with Crippen molar-refractivity contribution in [3.63, 3.8) is 0 Å². The molecule has 0 radical (unpaired) electrons. The molecule has 14 heavy (non-hydrogen) atoms. The standard InChI is InChI=1S/C10H9F2NO/c11-10(12)9-6-13(14)5-7-3-1-2-4-8(7)9/h1-5,9-10H,6H2. The number of rotatable bonds is 1. The number of hydroxylamine groups is 1. The van der Waals surface area contributed by atoms with Crippen LogP contribution in [0.2, 0.25) is 0 Å². The number of benzene rings is 1. The van der Waals surface area contributed by atoms with Gasteiger partial charge in [-0.3, -0.25) is 0 Å². The molecule has 2 nitrogen and oxygen atoms in total. The van der Waals surface area contributed by atoms with Crippen LogP contribution in [0.4, 0.5) is 8.78 Å². The van der Waals surface area contributed by atoms with Crippen LogP contribution >= 0.6 is 0 Å². The molecule has 0 bridgehead atoms. The summed E-state index contributed by atoms with van der Waals surface area (Å²) in [4.78, 5) is 0. The van der Waals surface area contributed by atoms with Crippen molar-refractivity contribution in [2.24, 2.45) is 0 Å². The average Bonchev–Trinajstić information content (AvgIpc) is 2.16. The van der Waals surface area contributed by atoms with Gasteiger partial charge in [0.1, 0.15) is 5.92 Å². The fourth-order valence-corrected chi connectivity index (χ4v) is 1.68. The number of halogens is 2. The van der Waals surface area contributed by atoms with Gasteiger partial charge < -0.3 is 5.21 Å². The van der Waals surface area contributed by atoms with Gasteiger partial charge >= 0.3 is 0 Å². The molecule has 0 saturated carbocycles. The SMILES string of the molecule is [O-][N+]1=Cc2ccccc2C(C(F)F)C1. The first-order valence-corrected chi connectivity index (χ1v) is 4.34. The maximum Gasteiger partial charge on any atom is 0.251 e. The monoisotopic (exact) mass is 197 g/mol. The smallest absolute Gasteiger partial charge is 0.251 e. The molecule has 0 fully saturated rings. The molecule has 0 N–H and O–H groups in total. The largest absolute Gasteiger partial charge is 0.624 e. The third-order valence-corrected chi connectivity index (χ3v) is 2.36. The lowest BCUT2D eigenvalue weighted by Crippen LogP contribution is -2.27. The van der Waals surface area contributed by atoms with Crippen molar-refractivity contribution >= 4 is 6.21 Å². The summed E-state index contributed by atoms with van der Waals surface area (Å²) in [6, 6.07) is 6.77. The van der Waals surface area contributed by atoms with Crippen molar-refractivity contribution in [1.82, 2.24) is 0 Å². The summed E-state index contributed by atoms with van der Waals surface area (Å²) < 4.78 is 25.8. The van der Waals surface area contributed by atoms with Crippen molar-refractivity contribution < 1.29 is 13.5 Å². The lowest BCUT2D eigenvalue weighted by atomic mass is 9.93. The number of alkyl halides is 2. The molecule has 0 amide bonds. The van der Waals surface area contributed by atoms with E-state index in [9.17, 15) is 14.0 Å². The van der Waals surface area contributed by atoms with E-state index in [-0.39, 0.29) is 6.54 Å². The second kappa shape index (κ2) is 3.36. The predicted octanol–water partition coefficient (Wildman–Crippen LogP) is 1.98. The van der Waals surface area contributed by atoms with Gasteiger partial charge in [-0.05, 0) is 11.6 Å². The summed E-state index contributed by atoms with van der Waals surface area (Å²) in [6.45, 7) is -0.158. The highest BCUT2D eigenvalue weighted by Gasteiger charge is 2.31. The summed E-state index contributed by atoms with van der Waals surface area (Å²) in [6.07, 6.45) is -1.13. The zero-order valence-electron chi connectivity index (χ0n) is 7.36. The zero-order chi connectivity index (χ0) is 10.1. The summed E-state index contributed by atoms with van der Waals surface area (Å²) in [5, 5.41) is 11.1. The number of fused-ring (bicyclic) bond motifs is 1. The Balaban J connectivity index is 2.48. The molecule has 1 unspecified atom stereocenters. The first-order chi connectivity index (χ1) is 6.68. The van der Waals surface area contributed by atoms with Crippen molar-refractivity contribution in [3.8, 4) is 0 Å². The van der Waals surface area contributed by atoms with Crippen molar-refractivity contribution in [1.29, 1.82) is 0 Å². The summed E-state index contributed by atoms with van der Waals surface area (Å²) in [7, 11) is 0. The Bertz CT molecular complexity index is 376. The van der Waals surface area contributed by atoms with Gasteiger partial charge in [-0.1, -0.05) is 18.2 Å². The Hall–Kier alpha value is -1.45. The molecule has 4 heteroatoms. The van der Waals surface area contributed by atoms with E-state index < -0.39 is 12.3 Å². The molecule has 1 aromatic carbocycles. The molecule has 0 aliphatic carbocycles. The van der Waals surface area contributed by atoms with E-state index in [0.717, 1.165) is 0 Å². The highest BCUT2D eigenvalue weighted by atomic mass is 19.3. The summed E-state index contributed by atoms with van der Waals surface area (Å²) in [5.74, 6) is -0.964. The van der Waals surface area contributed by atoms with Crippen LogP contribution < -0.4 is 0 Å². The number of hydrogen-bond acceptors (Lipinski definition) is 1. The van der Waals surface area contributed by atoms with Crippen LogP contribution in [-0.2, 0) is 0 Å². The molecular weight excluding hydrogens is 188 g/mol. The maximum atomic E-state index is 12.6. The quantitative estimate of drug-likeness (QED) is 0.499. The Morgan fingerprint density at radius 2 is 2.07 bits per heavy atom. The van der Waals surface area contributed by atoms with Gasteiger partial charge in [0, 0.05) is 5.56 Å². The Morgan fingerprint density at radius 1 is 1.36 bits per heavy atom. The molecule has 1 atom stereocenters. The predicted molar refractivity (Wildman–Crippen MR) is 48.8 cm³/mol. The van der Waals surface area contributed by atoms with Crippen LogP contribution in [0, 0.1) is 5.21 Å². The van der Waals surface area contributed by atoms with Gasteiger partial charge in [-0.25, -0.2) is 13.5 Å². The highest BCUT2D eigenvalue weighted by molar-refractivity contribution is 5.79. The topological polar surface area (TPSA) is 26.1 Å². The van der Waals surface area contributed by atoms with Crippen LogP contribution in [0.3, 0.4) is 0 Å². The lowest BCUT2D eigenvalue weighted by molar-refractivity contribution is -0.461. The minimum absolute atomic E-state index is 0.158. The number of nitrogens with zero attached hydrogens (tertiary/aromatic N) is 1. The van der Waals surface area contributed by atoms with E-state index >= 15 is 0 Å². The minimum atomic E-state index is -2.48. The van der Waals surface area contributed by atoms with Crippen molar-refractivity contribution in [2.45, 2.75) is 12.3 Å². The molecular formula is C10H9F2NO. The van der Waals surface area contributed by atoms with E-state index in [0.29, 0.717) is 15.9 Å². The number of hydrogen-bond donors (Lipinski definition) is 0. The third-order valence-electron chi connectivity index (χ3n) is 2.36. The van der Waals surface area contributed by atoms with E-state index in [2.05, 4.69) is 0 Å². The van der Waals surface area contributed by atoms with Crippen LogP contribution in [0.15, 0.2) is 24.3 Å². The molecule has 2 rings (SSSR count). The molecule has 0 saturated heterocycles. The fraction of sp³-hybridized carbons (Fsp3) is 0.300. The van der Waals surface area contributed by atoms with E-state index in [4.69, 9.17) is 0 Å². The van der Waals surface area contributed by atoms with Crippen LogP contribution in [0.1, 0.15) is 17.0 Å². The van der Waals surface area contributed by atoms with E-state index in [1.165, 1.54) is 6.21 Å². The fourth-order valence-electron chi connectivity index (χ4n) is 1.68. The molecule has 1 aliphatic heterocycles. The van der Waals surface area contributed by atoms with Gasteiger partial charge in [-0.15, -0.1) is 0 Å². The second-order valence-electron chi connectivity index (χ2n) is 3.30. The van der Waals surface area contributed by atoms with Gasteiger partial charge in [-0.2, -0.15) is 0 Å². The van der Waals surface area contributed by atoms with E-state index in [1.807, 2.05) is 0 Å². The normalized spacial score (nSPS) is 20.5. The van der Waals surface area contributed by atoms with Crippen molar-refractivity contribution in [2.75, 3.05) is 6.54 Å². The van der Waals surface area contributed by atoms with Crippen LogP contribution in [-0.4, -0.2) is 23.9 Å². The second-order valence-corrected chi connectivity index (χ2v) is 3.30. The van der Waals surface area contributed by atoms with Crippen LogP contribution in [0.5, 0.6) is 0 Å². The van der Waals surface area contributed by atoms with Gasteiger partial charge in [0.15, 0.2) is 12.8 Å². The summed E-state index contributed by atoms with van der Waals surface area (Å²) >= 11 is 0. The highest BCUT2D eigenvalue weighted by Crippen LogP contribution is 2.28. The zero-order valence-corrected chi connectivity index (χ0v) is 7.36.